The molecule has 0 bridgehead atoms. The van der Waals surface area contributed by atoms with E-state index < -0.39 is 0 Å². The van der Waals surface area contributed by atoms with E-state index in [0.717, 1.165) is 17.3 Å². The molecule has 1 heterocycles. The van der Waals surface area contributed by atoms with Crippen molar-refractivity contribution in [3.8, 4) is 17.2 Å². The Hall–Kier alpha value is -4.24. The fraction of sp³-hybridized carbons (Fsp3) is 0.179. The van der Waals surface area contributed by atoms with Crippen LogP contribution in [0.25, 0.3) is 6.08 Å². The molecule has 37 heavy (non-hydrogen) atoms. The van der Waals surface area contributed by atoms with Crippen molar-refractivity contribution in [3.05, 3.63) is 88.8 Å². The third-order valence-electron chi connectivity index (χ3n) is 5.35. The Morgan fingerprint density at radius 3 is 2.54 bits per heavy atom. The largest absolute Gasteiger partial charge is 0.493 e. The first-order valence-electron chi connectivity index (χ1n) is 11.5. The third kappa shape index (κ3) is 6.92. The van der Waals surface area contributed by atoms with Crippen molar-refractivity contribution in [2.45, 2.75) is 6.92 Å². The summed E-state index contributed by atoms with van der Waals surface area (Å²) in [6.07, 6.45) is 1.62. The van der Waals surface area contributed by atoms with Gasteiger partial charge in [0.05, 0.1) is 18.6 Å². The molecule has 1 fully saturated rings. The van der Waals surface area contributed by atoms with Crippen molar-refractivity contribution in [2.75, 3.05) is 32.2 Å². The summed E-state index contributed by atoms with van der Waals surface area (Å²) in [6, 6.07) is 21.7. The Morgan fingerprint density at radius 2 is 1.78 bits per heavy atom. The van der Waals surface area contributed by atoms with Gasteiger partial charge in [0, 0.05) is 5.69 Å². The van der Waals surface area contributed by atoms with Crippen LogP contribution in [0, 0.1) is 6.92 Å². The molecule has 1 saturated heterocycles. The Labute approximate surface area is 219 Å². The molecular formula is C28H26N2O6S. The lowest BCUT2D eigenvalue weighted by atomic mass is 10.2. The lowest BCUT2D eigenvalue weighted by Crippen LogP contribution is -2.32. The van der Waals surface area contributed by atoms with Gasteiger partial charge in [-0.1, -0.05) is 36.4 Å². The molecule has 1 aliphatic rings. The molecule has 1 N–H and O–H groups in total. The summed E-state index contributed by atoms with van der Waals surface area (Å²) in [5, 5.41) is 2.44. The summed E-state index contributed by atoms with van der Waals surface area (Å²) in [7, 11) is 1.49. The number of thioether (sulfide) groups is 1. The molecular weight excluding hydrogens is 492 g/mol. The second kappa shape index (κ2) is 12.1. The summed E-state index contributed by atoms with van der Waals surface area (Å²) in [4.78, 5) is 38.9. The number of benzene rings is 3. The smallest absolute Gasteiger partial charge is 0.293 e. The number of nitrogens with one attached hydrogen (secondary N) is 1. The van der Waals surface area contributed by atoms with Gasteiger partial charge < -0.3 is 19.5 Å². The quantitative estimate of drug-likeness (QED) is 0.372. The van der Waals surface area contributed by atoms with E-state index in [1.54, 1.807) is 30.3 Å². The van der Waals surface area contributed by atoms with Crippen molar-refractivity contribution < 1.29 is 28.6 Å². The van der Waals surface area contributed by atoms with Gasteiger partial charge in [-0.2, -0.15) is 0 Å². The van der Waals surface area contributed by atoms with Gasteiger partial charge in [-0.25, -0.2) is 0 Å². The molecule has 3 aromatic carbocycles. The molecule has 3 amide bonds. The average molecular weight is 519 g/mol. The zero-order chi connectivity index (χ0) is 26.2. The molecule has 0 aliphatic carbocycles. The predicted octanol–water partition coefficient (Wildman–Crippen LogP) is 5.14. The monoisotopic (exact) mass is 518 g/mol. The van der Waals surface area contributed by atoms with Gasteiger partial charge in [0.2, 0.25) is 0 Å². The fourth-order valence-corrected chi connectivity index (χ4v) is 4.44. The lowest BCUT2D eigenvalue weighted by Gasteiger charge is -2.13. The van der Waals surface area contributed by atoms with Crippen molar-refractivity contribution in [2.24, 2.45) is 0 Å². The summed E-state index contributed by atoms with van der Waals surface area (Å²) < 4.78 is 16.7. The number of anilines is 1. The average Bonchev–Trinajstić information content (AvgIpc) is 3.15. The second-order valence-corrected chi connectivity index (χ2v) is 9.10. The maximum Gasteiger partial charge on any atom is 0.293 e. The number of hydrogen-bond acceptors (Lipinski definition) is 7. The van der Waals surface area contributed by atoms with Crippen LogP contribution in [0.2, 0.25) is 0 Å². The molecule has 8 nitrogen and oxygen atoms in total. The number of para-hydroxylation sites is 1. The molecule has 3 aromatic rings. The first-order chi connectivity index (χ1) is 17.9. The minimum Gasteiger partial charge on any atom is -0.493 e. The Morgan fingerprint density at radius 1 is 0.973 bits per heavy atom. The van der Waals surface area contributed by atoms with E-state index in [-0.39, 0.29) is 36.8 Å². The van der Waals surface area contributed by atoms with Crippen LogP contribution in [0.3, 0.4) is 0 Å². The molecule has 190 valence electrons. The van der Waals surface area contributed by atoms with Crippen LogP contribution in [0.1, 0.15) is 11.1 Å². The second-order valence-electron chi connectivity index (χ2n) is 8.11. The number of carbonyl (C=O) groups is 3. The third-order valence-corrected chi connectivity index (χ3v) is 6.25. The highest BCUT2D eigenvalue weighted by atomic mass is 32.2. The molecule has 0 saturated carbocycles. The van der Waals surface area contributed by atoms with Crippen LogP contribution in [0.4, 0.5) is 10.5 Å². The number of imide groups is 1. The highest BCUT2D eigenvalue weighted by Crippen LogP contribution is 2.34. The Bertz CT molecular complexity index is 1330. The summed E-state index contributed by atoms with van der Waals surface area (Å²) in [6.45, 7) is 2.09. The van der Waals surface area contributed by atoms with Gasteiger partial charge >= 0.3 is 0 Å². The number of carbonyl (C=O) groups excluding carboxylic acids is 3. The van der Waals surface area contributed by atoms with E-state index in [1.807, 2.05) is 55.5 Å². The van der Waals surface area contributed by atoms with E-state index in [2.05, 4.69) is 5.32 Å². The molecule has 4 rings (SSSR count). The number of methoxy groups -OCH3 is 1. The number of aryl methyl sites for hydroxylation is 1. The SMILES string of the molecule is COc1cc(/C=C2\SC(=O)N(CCOc3ccccc3)C2=O)ccc1OCC(=O)Nc1cccc(C)c1. The summed E-state index contributed by atoms with van der Waals surface area (Å²) >= 11 is 0.875. The summed E-state index contributed by atoms with van der Waals surface area (Å²) in [5.74, 6) is 0.769. The first kappa shape index (κ1) is 25.8. The van der Waals surface area contributed by atoms with Crippen LogP contribution >= 0.6 is 11.8 Å². The minimum absolute atomic E-state index is 0.150. The molecule has 1 aliphatic heterocycles. The van der Waals surface area contributed by atoms with Crippen LogP contribution in [-0.2, 0) is 9.59 Å². The number of nitrogens with zero attached hydrogens (tertiary/aromatic N) is 1. The Kier molecular flexibility index (Phi) is 8.48. The van der Waals surface area contributed by atoms with Gasteiger partial charge in [-0.15, -0.1) is 0 Å². The Balaban J connectivity index is 1.35. The number of amides is 3. The van der Waals surface area contributed by atoms with Gasteiger partial charge in [-0.05, 0) is 72.3 Å². The van der Waals surface area contributed by atoms with Gasteiger partial charge in [0.1, 0.15) is 12.4 Å². The normalized spacial score (nSPS) is 14.1. The molecule has 0 unspecified atom stereocenters. The molecule has 0 spiro atoms. The highest BCUT2D eigenvalue weighted by molar-refractivity contribution is 8.18. The minimum atomic E-state index is -0.376. The molecule has 9 heteroatoms. The van der Waals surface area contributed by atoms with Crippen molar-refractivity contribution >= 4 is 40.6 Å². The van der Waals surface area contributed by atoms with E-state index in [9.17, 15) is 14.4 Å². The van der Waals surface area contributed by atoms with Crippen LogP contribution in [0.15, 0.2) is 77.7 Å². The topological polar surface area (TPSA) is 94.2 Å². The van der Waals surface area contributed by atoms with Crippen molar-refractivity contribution in [1.29, 1.82) is 0 Å². The highest BCUT2D eigenvalue weighted by Gasteiger charge is 2.34. The summed E-state index contributed by atoms with van der Waals surface area (Å²) in [5.41, 5.74) is 2.38. The first-order valence-corrected chi connectivity index (χ1v) is 12.3. The van der Waals surface area contributed by atoms with Gasteiger partial charge in [0.15, 0.2) is 18.1 Å². The van der Waals surface area contributed by atoms with Crippen LogP contribution < -0.4 is 19.5 Å². The molecule has 0 aromatic heterocycles. The van der Waals surface area contributed by atoms with Crippen molar-refractivity contribution in [3.63, 3.8) is 0 Å². The number of rotatable bonds is 10. The van der Waals surface area contributed by atoms with Gasteiger partial charge in [-0.3, -0.25) is 19.3 Å². The molecule has 0 radical (unpaired) electrons. The number of hydrogen-bond donors (Lipinski definition) is 1. The van der Waals surface area contributed by atoms with Crippen LogP contribution in [0.5, 0.6) is 17.2 Å². The van der Waals surface area contributed by atoms with E-state index in [1.165, 1.54) is 12.0 Å². The maximum atomic E-state index is 12.8. The van der Waals surface area contributed by atoms with E-state index in [4.69, 9.17) is 14.2 Å². The predicted molar refractivity (Wildman–Crippen MR) is 143 cm³/mol. The lowest BCUT2D eigenvalue weighted by molar-refractivity contribution is -0.123. The fourth-order valence-electron chi connectivity index (χ4n) is 3.57. The van der Waals surface area contributed by atoms with E-state index in [0.29, 0.717) is 33.4 Å². The van der Waals surface area contributed by atoms with Crippen molar-refractivity contribution in [1.82, 2.24) is 4.90 Å². The van der Waals surface area contributed by atoms with Gasteiger partial charge in [0.25, 0.3) is 17.1 Å². The van der Waals surface area contributed by atoms with Crippen LogP contribution in [-0.4, -0.2) is 48.8 Å². The maximum absolute atomic E-state index is 12.8. The van der Waals surface area contributed by atoms with E-state index >= 15 is 0 Å². The molecule has 0 atom stereocenters. The zero-order valence-electron chi connectivity index (χ0n) is 20.4. The standard InChI is InChI=1S/C28H26N2O6S/c1-19-7-6-8-21(15-19)29-26(31)18-36-23-12-11-20(16-24(23)34-2)17-25-27(32)30(28(33)37-25)13-14-35-22-9-4-3-5-10-22/h3-12,15-17H,13-14,18H2,1-2H3,(H,29,31)/b25-17-. The number of ether oxygens (including phenoxy) is 3. The zero-order valence-corrected chi connectivity index (χ0v) is 21.2.